The summed E-state index contributed by atoms with van der Waals surface area (Å²) >= 11 is 0. The maximum Gasteiger partial charge on any atom is 0.320 e. The molecule has 1 aliphatic carbocycles. The summed E-state index contributed by atoms with van der Waals surface area (Å²) in [4.78, 5) is 35.8. The van der Waals surface area contributed by atoms with Crippen molar-refractivity contribution in [1.82, 2.24) is 19.4 Å². The van der Waals surface area contributed by atoms with E-state index in [-0.39, 0.29) is 35.4 Å². The van der Waals surface area contributed by atoms with Crippen LogP contribution < -0.4 is 5.56 Å². The van der Waals surface area contributed by atoms with Crippen LogP contribution in [0.1, 0.15) is 49.0 Å². The van der Waals surface area contributed by atoms with Crippen LogP contribution >= 0.6 is 0 Å². The highest BCUT2D eigenvalue weighted by molar-refractivity contribution is 5.78. The van der Waals surface area contributed by atoms with Gasteiger partial charge in [0.25, 0.3) is 5.56 Å². The maximum absolute atomic E-state index is 14.0. The molecule has 4 aliphatic rings. The first-order chi connectivity index (χ1) is 18.8. The number of benzene rings is 2. The normalized spacial score (nSPS) is 30.1. The third-order valence-electron chi connectivity index (χ3n) is 9.52. The molecule has 1 aromatic heterocycles. The Morgan fingerprint density at radius 1 is 1.08 bits per heavy atom. The van der Waals surface area contributed by atoms with E-state index in [2.05, 4.69) is 4.98 Å². The predicted molar refractivity (Wildman–Crippen MR) is 138 cm³/mol. The summed E-state index contributed by atoms with van der Waals surface area (Å²) in [5.74, 6) is -1.77. The molecule has 1 saturated carbocycles. The van der Waals surface area contributed by atoms with Gasteiger partial charge in [-0.05, 0) is 37.3 Å². The van der Waals surface area contributed by atoms with Gasteiger partial charge < -0.3 is 19.6 Å². The van der Waals surface area contributed by atoms with Crippen LogP contribution in [-0.2, 0) is 11.3 Å². The summed E-state index contributed by atoms with van der Waals surface area (Å²) in [6, 6.07) is 11.5. The number of fused-ring (bicyclic) bond motifs is 4. The van der Waals surface area contributed by atoms with Crippen LogP contribution in [0.3, 0.4) is 0 Å². The van der Waals surface area contributed by atoms with Crippen molar-refractivity contribution in [3.8, 4) is 0 Å². The molecule has 3 aromatic rings. The number of piperidine rings is 1. The number of aliphatic hydroxyl groups is 1. The number of hydrogen-bond acceptors (Lipinski definition) is 5. The number of carbonyl (C=O) groups is 1. The quantitative estimate of drug-likeness (QED) is 0.514. The lowest BCUT2D eigenvalue weighted by atomic mass is 9.66. The lowest BCUT2D eigenvalue weighted by molar-refractivity contribution is -0.135. The van der Waals surface area contributed by atoms with E-state index in [4.69, 9.17) is 4.74 Å². The second-order valence-electron chi connectivity index (χ2n) is 11.5. The van der Waals surface area contributed by atoms with Crippen molar-refractivity contribution in [2.45, 2.75) is 49.8 Å². The van der Waals surface area contributed by atoms with E-state index in [1.807, 2.05) is 40.1 Å². The van der Waals surface area contributed by atoms with Crippen LogP contribution in [0, 0.1) is 17.0 Å². The van der Waals surface area contributed by atoms with E-state index in [0.29, 0.717) is 64.4 Å². The number of amides is 2. The Bertz CT molecular complexity index is 1530. The zero-order chi connectivity index (χ0) is 26.9. The van der Waals surface area contributed by atoms with E-state index in [0.717, 1.165) is 17.7 Å². The molecule has 2 aromatic carbocycles. The van der Waals surface area contributed by atoms with Crippen LogP contribution in [0.2, 0.25) is 0 Å². The van der Waals surface area contributed by atoms with Crippen LogP contribution in [0.5, 0.6) is 0 Å². The molecule has 0 radical (unpaired) electrons. The van der Waals surface area contributed by atoms with E-state index >= 15 is 0 Å². The lowest BCUT2D eigenvalue weighted by Crippen LogP contribution is -2.63. The van der Waals surface area contributed by atoms with Crippen LogP contribution in [0.15, 0.2) is 47.3 Å². The molecule has 204 valence electrons. The number of morpholine rings is 1. The molecule has 3 fully saturated rings. The molecular formula is C29H30F2N4O4. The Kier molecular flexibility index (Phi) is 5.58. The summed E-state index contributed by atoms with van der Waals surface area (Å²) in [6.07, 6.45) is 2.26. The highest BCUT2D eigenvalue weighted by Crippen LogP contribution is 2.58. The van der Waals surface area contributed by atoms with Crippen molar-refractivity contribution in [3.63, 3.8) is 0 Å². The minimum atomic E-state index is -1.23. The zero-order valence-electron chi connectivity index (χ0n) is 21.5. The van der Waals surface area contributed by atoms with E-state index in [1.54, 1.807) is 0 Å². The van der Waals surface area contributed by atoms with Crippen molar-refractivity contribution in [2.24, 2.45) is 5.41 Å². The van der Waals surface area contributed by atoms with Gasteiger partial charge >= 0.3 is 6.03 Å². The van der Waals surface area contributed by atoms with E-state index in [1.165, 1.54) is 4.57 Å². The highest BCUT2D eigenvalue weighted by Gasteiger charge is 2.60. The highest BCUT2D eigenvalue weighted by atomic mass is 19.2. The zero-order valence-corrected chi connectivity index (χ0v) is 21.5. The molecule has 4 atom stereocenters. The largest absolute Gasteiger partial charge is 0.387 e. The summed E-state index contributed by atoms with van der Waals surface area (Å²) in [7, 11) is 0. The van der Waals surface area contributed by atoms with Gasteiger partial charge in [-0.3, -0.25) is 9.36 Å². The predicted octanol–water partition coefficient (Wildman–Crippen LogP) is 3.57. The lowest BCUT2D eigenvalue weighted by Gasteiger charge is -2.53. The van der Waals surface area contributed by atoms with Gasteiger partial charge in [0, 0.05) is 37.0 Å². The van der Waals surface area contributed by atoms with Crippen molar-refractivity contribution < 1.29 is 23.4 Å². The summed E-state index contributed by atoms with van der Waals surface area (Å²) in [5.41, 5.74) is -1.16. The van der Waals surface area contributed by atoms with Gasteiger partial charge in [0.05, 0.1) is 42.3 Å². The van der Waals surface area contributed by atoms with Crippen LogP contribution in [-0.4, -0.2) is 68.9 Å². The van der Waals surface area contributed by atoms with Crippen molar-refractivity contribution >= 4 is 16.9 Å². The molecule has 4 heterocycles. The molecule has 10 heteroatoms. The monoisotopic (exact) mass is 536 g/mol. The first kappa shape index (κ1) is 24.7. The first-order valence-corrected chi connectivity index (χ1v) is 13.6. The summed E-state index contributed by atoms with van der Waals surface area (Å²) in [5, 5.41) is 12.1. The van der Waals surface area contributed by atoms with Gasteiger partial charge in [0.15, 0.2) is 11.6 Å². The van der Waals surface area contributed by atoms with Crippen LogP contribution in [0.4, 0.5) is 13.6 Å². The van der Waals surface area contributed by atoms with E-state index in [9.17, 15) is 23.5 Å². The first-order valence-electron chi connectivity index (χ1n) is 13.6. The smallest absolute Gasteiger partial charge is 0.320 e. The van der Waals surface area contributed by atoms with Crippen molar-refractivity contribution in [3.05, 3.63) is 75.8 Å². The molecule has 1 spiro atoms. The fraction of sp³-hybridized carbons (Fsp3) is 0.483. The molecule has 3 aliphatic heterocycles. The molecule has 39 heavy (non-hydrogen) atoms. The average molecular weight is 537 g/mol. The maximum atomic E-state index is 14.0. The second kappa shape index (κ2) is 8.82. The topological polar surface area (TPSA) is 87.9 Å². The fourth-order valence-electron chi connectivity index (χ4n) is 7.42. The molecule has 2 bridgehead atoms. The minimum Gasteiger partial charge on any atom is -0.387 e. The molecular weight excluding hydrogens is 506 g/mol. The minimum absolute atomic E-state index is 0.0000385. The number of carbonyl (C=O) groups excluding carboxylic acids is 1. The standard InChI is InChI=1S/C29H30F2N4O4/c30-21-12-20-23(13-22(21)31)32-25-19-6-7-28(14-19)16-33(9-8-29(28,38)17-35(25)26(20)36)27(37)34-10-11-39-15-24(34)18-4-2-1-3-5-18/h1-5,12-13,19,24,38H,6-11,14-17H2/t19?,24-,28?,29?/m0/s1. The Morgan fingerprint density at radius 3 is 2.69 bits per heavy atom. The van der Waals surface area contributed by atoms with Crippen molar-refractivity contribution in [1.29, 1.82) is 0 Å². The Labute approximate surface area is 223 Å². The Hall–Kier alpha value is -3.37. The Morgan fingerprint density at radius 2 is 1.87 bits per heavy atom. The Balaban J connectivity index is 1.22. The SMILES string of the molecule is O=C(N1CCC2(O)Cn3c(nc4cc(F)c(F)cc4c3=O)C3CCC2(C3)C1)N1CCOC[C@H]1c1ccccc1. The molecule has 1 N–H and O–H groups in total. The van der Waals surface area contributed by atoms with Gasteiger partial charge in [-0.2, -0.15) is 0 Å². The molecule has 3 unspecified atom stereocenters. The fourth-order valence-corrected chi connectivity index (χ4v) is 7.42. The molecule has 2 saturated heterocycles. The molecule has 7 rings (SSSR count). The third kappa shape index (κ3) is 3.71. The summed E-state index contributed by atoms with van der Waals surface area (Å²) < 4.78 is 35.2. The summed E-state index contributed by atoms with van der Waals surface area (Å²) in [6.45, 7) is 2.14. The second-order valence-corrected chi connectivity index (χ2v) is 11.5. The van der Waals surface area contributed by atoms with Gasteiger partial charge in [-0.25, -0.2) is 18.6 Å². The molecule has 8 nitrogen and oxygen atoms in total. The number of urea groups is 1. The van der Waals surface area contributed by atoms with Gasteiger partial charge in [-0.15, -0.1) is 0 Å². The number of nitrogens with zero attached hydrogens (tertiary/aromatic N) is 4. The van der Waals surface area contributed by atoms with Crippen molar-refractivity contribution in [2.75, 3.05) is 32.8 Å². The number of rotatable bonds is 1. The number of aromatic nitrogens is 2. The molecule has 2 amide bonds. The average Bonchev–Trinajstić information content (AvgIpc) is 3.34. The number of ether oxygens (including phenoxy) is 1. The number of likely N-dealkylation sites (tertiary alicyclic amines) is 1. The number of hydrogen-bond donors (Lipinski definition) is 1. The van der Waals surface area contributed by atoms with Crippen LogP contribution in [0.25, 0.3) is 10.9 Å². The van der Waals surface area contributed by atoms with Gasteiger partial charge in [0.2, 0.25) is 0 Å². The van der Waals surface area contributed by atoms with E-state index < -0.39 is 28.2 Å². The van der Waals surface area contributed by atoms with Gasteiger partial charge in [0.1, 0.15) is 5.82 Å². The number of halogens is 2. The van der Waals surface area contributed by atoms with Gasteiger partial charge in [-0.1, -0.05) is 30.3 Å². The third-order valence-corrected chi connectivity index (χ3v) is 9.52.